The zero-order chi connectivity index (χ0) is 15.0. The number of hydrogen-bond acceptors (Lipinski definition) is 2. The van der Waals surface area contributed by atoms with E-state index in [4.69, 9.17) is 11.6 Å². The third-order valence-corrected chi connectivity index (χ3v) is 4.52. The van der Waals surface area contributed by atoms with Gasteiger partial charge in [-0.3, -0.25) is 4.79 Å². The molecule has 1 amide bonds. The van der Waals surface area contributed by atoms with E-state index in [1.807, 2.05) is 0 Å². The van der Waals surface area contributed by atoms with Gasteiger partial charge in [-0.2, -0.15) is 13.2 Å². The zero-order valence-corrected chi connectivity index (χ0v) is 12.5. The average molecular weight is 372 g/mol. The second-order valence-electron chi connectivity index (χ2n) is 4.59. The first-order valence-electron chi connectivity index (χ1n) is 5.80. The van der Waals surface area contributed by atoms with Crippen LogP contribution < -0.4 is 10.6 Å². The lowest BCUT2D eigenvalue weighted by atomic mass is 9.85. The van der Waals surface area contributed by atoms with E-state index in [0.29, 0.717) is 9.50 Å². The van der Waals surface area contributed by atoms with Gasteiger partial charge in [-0.15, -0.1) is 0 Å². The van der Waals surface area contributed by atoms with Crippen molar-refractivity contribution in [3.8, 4) is 0 Å². The molecule has 2 rings (SSSR count). The fourth-order valence-electron chi connectivity index (χ4n) is 2.08. The highest BCUT2D eigenvalue weighted by Gasteiger charge is 2.61. The maximum Gasteiger partial charge on any atom is 0.404 e. The van der Waals surface area contributed by atoms with E-state index >= 15 is 0 Å². The highest BCUT2D eigenvalue weighted by Crippen LogP contribution is 2.44. The molecule has 1 aliphatic rings. The number of benzene rings is 1. The van der Waals surface area contributed by atoms with Gasteiger partial charge in [0.15, 0.2) is 5.41 Å². The molecular formula is C12H11BrClF3N2O. The summed E-state index contributed by atoms with van der Waals surface area (Å²) in [7, 11) is 0. The minimum Gasteiger partial charge on any atom is -0.325 e. The molecule has 0 bridgehead atoms. The third kappa shape index (κ3) is 2.80. The van der Waals surface area contributed by atoms with Gasteiger partial charge in [0.2, 0.25) is 5.91 Å². The van der Waals surface area contributed by atoms with Crippen molar-refractivity contribution >= 4 is 39.1 Å². The molecule has 1 fully saturated rings. The number of alkyl halides is 3. The number of anilines is 1. The van der Waals surface area contributed by atoms with Crippen LogP contribution in [0, 0.1) is 5.41 Å². The normalized spacial score (nSPS) is 22.9. The van der Waals surface area contributed by atoms with Gasteiger partial charge in [0, 0.05) is 16.7 Å². The molecule has 1 heterocycles. The molecule has 20 heavy (non-hydrogen) atoms. The Morgan fingerprint density at radius 2 is 2.15 bits per heavy atom. The Labute approximate surface area is 127 Å². The Morgan fingerprint density at radius 3 is 2.65 bits per heavy atom. The molecule has 110 valence electrons. The van der Waals surface area contributed by atoms with Gasteiger partial charge in [0.1, 0.15) is 0 Å². The van der Waals surface area contributed by atoms with Gasteiger partial charge in [0.05, 0.1) is 5.02 Å². The van der Waals surface area contributed by atoms with E-state index in [1.165, 1.54) is 18.2 Å². The number of nitrogens with one attached hydrogen (secondary N) is 2. The SMILES string of the molecule is O=C(Nc1ccc(Cl)c(Br)c1)C1(C(F)(F)F)CCNC1. The molecule has 8 heteroatoms. The molecule has 1 unspecified atom stereocenters. The molecule has 0 spiro atoms. The first-order valence-corrected chi connectivity index (χ1v) is 6.97. The summed E-state index contributed by atoms with van der Waals surface area (Å²) in [5, 5.41) is 5.32. The van der Waals surface area contributed by atoms with Crippen LogP contribution in [0.2, 0.25) is 5.02 Å². The van der Waals surface area contributed by atoms with Crippen LogP contribution in [0.5, 0.6) is 0 Å². The molecule has 0 radical (unpaired) electrons. The molecule has 0 aliphatic carbocycles. The molecule has 2 N–H and O–H groups in total. The standard InChI is InChI=1S/C12H11BrClF3N2O/c13-8-5-7(1-2-9(8)14)19-10(20)11(12(15,16)17)3-4-18-6-11/h1-2,5,18H,3-4,6H2,(H,19,20). The van der Waals surface area contributed by atoms with Crippen molar-refractivity contribution in [1.29, 1.82) is 0 Å². The number of hydrogen-bond donors (Lipinski definition) is 2. The number of rotatable bonds is 2. The Balaban J connectivity index is 2.23. The van der Waals surface area contributed by atoms with Crippen molar-refractivity contribution in [2.75, 3.05) is 18.4 Å². The molecule has 1 atom stereocenters. The highest BCUT2D eigenvalue weighted by molar-refractivity contribution is 9.10. The molecule has 0 aromatic heterocycles. The quantitative estimate of drug-likeness (QED) is 0.834. The summed E-state index contributed by atoms with van der Waals surface area (Å²) >= 11 is 8.95. The number of amides is 1. The van der Waals surface area contributed by atoms with Crippen LogP contribution in [0.15, 0.2) is 22.7 Å². The van der Waals surface area contributed by atoms with Crippen molar-refractivity contribution in [3.63, 3.8) is 0 Å². The predicted octanol–water partition coefficient (Wildman–Crippen LogP) is 3.58. The van der Waals surface area contributed by atoms with E-state index in [-0.39, 0.29) is 18.7 Å². The summed E-state index contributed by atoms with van der Waals surface area (Å²) < 4.78 is 40.0. The summed E-state index contributed by atoms with van der Waals surface area (Å²) in [6, 6.07) is 4.42. The van der Waals surface area contributed by atoms with Gasteiger partial charge in [-0.05, 0) is 47.1 Å². The summed E-state index contributed by atoms with van der Waals surface area (Å²) in [4.78, 5) is 12.1. The summed E-state index contributed by atoms with van der Waals surface area (Å²) in [5.74, 6) is -1.05. The topological polar surface area (TPSA) is 41.1 Å². The van der Waals surface area contributed by atoms with Crippen molar-refractivity contribution in [1.82, 2.24) is 5.32 Å². The van der Waals surface area contributed by atoms with Crippen LogP contribution in [0.3, 0.4) is 0 Å². The first kappa shape index (κ1) is 15.6. The molecular weight excluding hydrogens is 360 g/mol. The van der Waals surface area contributed by atoms with E-state index in [0.717, 1.165) is 0 Å². The molecule has 1 aliphatic heterocycles. The third-order valence-electron chi connectivity index (χ3n) is 3.31. The molecule has 1 saturated heterocycles. The van der Waals surface area contributed by atoms with Crippen molar-refractivity contribution in [2.24, 2.45) is 5.41 Å². The first-order chi connectivity index (χ1) is 9.26. The lowest BCUT2D eigenvalue weighted by molar-refractivity contribution is -0.213. The summed E-state index contributed by atoms with van der Waals surface area (Å²) in [6.07, 6.45) is -4.86. The lowest BCUT2D eigenvalue weighted by Crippen LogP contribution is -2.49. The molecule has 1 aromatic rings. The number of carbonyl (C=O) groups excluding carboxylic acids is 1. The molecule has 1 aromatic carbocycles. The van der Waals surface area contributed by atoms with E-state index in [2.05, 4.69) is 26.6 Å². The number of halogens is 5. The van der Waals surface area contributed by atoms with Gasteiger partial charge in [-0.25, -0.2) is 0 Å². The van der Waals surface area contributed by atoms with Gasteiger partial charge in [-0.1, -0.05) is 11.6 Å². The monoisotopic (exact) mass is 370 g/mol. The summed E-state index contributed by atoms with van der Waals surface area (Å²) in [6.45, 7) is -0.242. The van der Waals surface area contributed by atoms with Gasteiger partial charge >= 0.3 is 6.18 Å². The predicted molar refractivity (Wildman–Crippen MR) is 73.8 cm³/mol. The Kier molecular flexibility index (Phi) is 4.32. The van der Waals surface area contributed by atoms with Crippen LogP contribution in [0.25, 0.3) is 0 Å². The van der Waals surface area contributed by atoms with Crippen LogP contribution in [0.1, 0.15) is 6.42 Å². The Bertz CT molecular complexity index is 530. The second-order valence-corrected chi connectivity index (χ2v) is 5.85. The molecule has 0 saturated carbocycles. The largest absolute Gasteiger partial charge is 0.404 e. The fourth-order valence-corrected chi connectivity index (χ4v) is 2.58. The van der Waals surface area contributed by atoms with Gasteiger partial charge in [0.25, 0.3) is 0 Å². The van der Waals surface area contributed by atoms with Crippen LogP contribution in [-0.4, -0.2) is 25.2 Å². The summed E-state index contributed by atoms with van der Waals surface area (Å²) in [5.41, 5.74) is -2.11. The van der Waals surface area contributed by atoms with E-state index in [9.17, 15) is 18.0 Å². The van der Waals surface area contributed by atoms with Crippen LogP contribution >= 0.6 is 27.5 Å². The molecule has 3 nitrogen and oxygen atoms in total. The van der Waals surface area contributed by atoms with Crippen molar-refractivity contribution in [2.45, 2.75) is 12.6 Å². The highest BCUT2D eigenvalue weighted by atomic mass is 79.9. The maximum atomic E-state index is 13.2. The van der Waals surface area contributed by atoms with Crippen LogP contribution in [-0.2, 0) is 4.79 Å². The van der Waals surface area contributed by atoms with Crippen molar-refractivity contribution in [3.05, 3.63) is 27.7 Å². The Hall–Kier alpha value is -0.790. The maximum absolute atomic E-state index is 13.2. The smallest absolute Gasteiger partial charge is 0.325 e. The zero-order valence-electron chi connectivity index (χ0n) is 10.2. The fraction of sp³-hybridized carbons (Fsp3) is 0.417. The minimum atomic E-state index is -4.59. The van der Waals surface area contributed by atoms with Crippen molar-refractivity contribution < 1.29 is 18.0 Å². The van der Waals surface area contributed by atoms with E-state index < -0.39 is 24.0 Å². The minimum absolute atomic E-state index is 0.164. The lowest BCUT2D eigenvalue weighted by Gasteiger charge is -2.29. The van der Waals surface area contributed by atoms with Gasteiger partial charge < -0.3 is 10.6 Å². The van der Waals surface area contributed by atoms with E-state index in [1.54, 1.807) is 0 Å². The Morgan fingerprint density at radius 1 is 1.45 bits per heavy atom. The average Bonchev–Trinajstić information content (AvgIpc) is 2.84. The second kappa shape index (κ2) is 5.54. The van der Waals surface area contributed by atoms with Crippen LogP contribution in [0.4, 0.5) is 18.9 Å². The number of carbonyl (C=O) groups is 1.